The van der Waals surface area contributed by atoms with Crippen molar-refractivity contribution in [3.05, 3.63) is 59.9 Å². The molecule has 7 nitrogen and oxygen atoms in total. The van der Waals surface area contributed by atoms with E-state index in [1.807, 2.05) is 5.32 Å². The zero-order chi connectivity index (χ0) is 17.8. The molecule has 128 valence electrons. The van der Waals surface area contributed by atoms with Crippen molar-refractivity contribution in [3.63, 3.8) is 0 Å². The topological polar surface area (TPSA) is 93.7 Å². The van der Waals surface area contributed by atoms with Crippen LogP contribution in [-0.2, 0) is 14.3 Å². The van der Waals surface area contributed by atoms with E-state index in [0.29, 0.717) is 11.3 Å². The van der Waals surface area contributed by atoms with Gasteiger partial charge in [0.1, 0.15) is 0 Å². The van der Waals surface area contributed by atoms with Crippen molar-refractivity contribution in [3.8, 4) is 5.75 Å². The summed E-state index contributed by atoms with van der Waals surface area (Å²) in [4.78, 5) is 34.4. The van der Waals surface area contributed by atoms with Crippen LogP contribution in [0.15, 0.2) is 48.5 Å². The lowest BCUT2D eigenvalue weighted by atomic mass is 10.1. The molecule has 1 heterocycles. The van der Waals surface area contributed by atoms with Gasteiger partial charge in [0, 0.05) is 11.3 Å². The van der Waals surface area contributed by atoms with Crippen LogP contribution in [0.1, 0.15) is 11.7 Å². The van der Waals surface area contributed by atoms with E-state index in [4.69, 9.17) is 9.47 Å². The molecule has 1 atom stereocenters. The van der Waals surface area contributed by atoms with Gasteiger partial charge in [-0.2, -0.15) is 0 Å². The lowest BCUT2D eigenvalue weighted by molar-refractivity contribution is -0.123. The van der Waals surface area contributed by atoms with Gasteiger partial charge >= 0.3 is 6.09 Å². The Bertz CT molecular complexity index is 822. The summed E-state index contributed by atoms with van der Waals surface area (Å²) in [6.45, 7) is -0.356. The van der Waals surface area contributed by atoms with Gasteiger partial charge in [-0.05, 0) is 24.3 Å². The molecule has 3 rings (SSSR count). The second-order valence-electron chi connectivity index (χ2n) is 5.16. The Hall–Kier alpha value is -3.42. The van der Waals surface area contributed by atoms with Crippen molar-refractivity contribution in [1.29, 1.82) is 0 Å². The summed E-state index contributed by atoms with van der Waals surface area (Å²) in [5.74, 6) is -1.58. The maximum absolute atomic E-state index is 13.4. The molecule has 1 aliphatic rings. The molecule has 1 saturated heterocycles. The van der Waals surface area contributed by atoms with Crippen molar-refractivity contribution < 1.29 is 28.2 Å². The molecule has 2 aromatic carbocycles. The number of carbonyl (C=O) groups is 3. The molecule has 1 unspecified atom stereocenters. The highest BCUT2D eigenvalue weighted by Gasteiger charge is 2.33. The molecule has 1 fully saturated rings. The van der Waals surface area contributed by atoms with Crippen LogP contribution in [0, 0.1) is 5.82 Å². The second kappa shape index (κ2) is 7.00. The molecule has 2 N–H and O–H groups in total. The minimum atomic E-state index is -0.998. The predicted octanol–water partition coefficient (Wildman–Crippen LogP) is 2.15. The molecule has 25 heavy (non-hydrogen) atoms. The Morgan fingerprint density at radius 1 is 1.16 bits per heavy atom. The Morgan fingerprint density at radius 2 is 1.88 bits per heavy atom. The zero-order valence-corrected chi connectivity index (χ0v) is 12.8. The van der Waals surface area contributed by atoms with Crippen LogP contribution < -0.4 is 15.4 Å². The Balaban J connectivity index is 1.56. The number of hydrogen-bond acceptors (Lipinski definition) is 5. The number of amides is 3. The van der Waals surface area contributed by atoms with Gasteiger partial charge in [0.2, 0.25) is 6.10 Å². The largest absolute Gasteiger partial charge is 0.481 e. The van der Waals surface area contributed by atoms with Gasteiger partial charge in [-0.25, -0.2) is 9.18 Å². The first kappa shape index (κ1) is 16.4. The number of hydrogen-bond donors (Lipinski definition) is 2. The van der Waals surface area contributed by atoms with Crippen molar-refractivity contribution >= 4 is 23.6 Å². The summed E-state index contributed by atoms with van der Waals surface area (Å²) in [5.41, 5.74) is 0.930. The first-order chi connectivity index (χ1) is 12.0. The van der Waals surface area contributed by atoms with E-state index in [1.54, 1.807) is 30.3 Å². The summed E-state index contributed by atoms with van der Waals surface area (Å²) in [5, 5.41) is 4.61. The van der Waals surface area contributed by atoms with Gasteiger partial charge in [0.15, 0.2) is 18.2 Å². The quantitative estimate of drug-likeness (QED) is 0.867. The maximum atomic E-state index is 13.4. The number of anilines is 1. The average molecular weight is 344 g/mol. The van der Waals surface area contributed by atoms with Gasteiger partial charge < -0.3 is 14.8 Å². The third-order valence-electron chi connectivity index (χ3n) is 3.38. The van der Waals surface area contributed by atoms with Gasteiger partial charge in [0.05, 0.1) is 0 Å². The van der Waals surface area contributed by atoms with E-state index in [0.717, 1.165) is 0 Å². The highest BCUT2D eigenvalue weighted by atomic mass is 19.1. The first-order valence-electron chi connectivity index (χ1n) is 7.31. The highest BCUT2D eigenvalue weighted by molar-refractivity contribution is 6.00. The number of ether oxygens (including phenoxy) is 2. The van der Waals surface area contributed by atoms with Gasteiger partial charge in [0.25, 0.3) is 11.8 Å². The van der Waals surface area contributed by atoms with Gasteiger partial charge in [-0.15, -0.1) is 0 Å². The molecule has 0 saturated carbocycles. The van der Waals surface area contributed by atoms with Crippen molar-refractivity contribution in [2.45, 2.75) is 6.10 Å². The molecular formula is C17H13FN2O5. The highest BCUT2D eigenvalue weighted by Crippen LogP contribution is 2.23. The van der Waals surface area contributed by atoms with Crippen LogP contribution in [-0.4, -0.2) is 24.5 Å². The number of imide groups is 1. The van der Waals surface area contributed by atoms with Crippen LogP contribution in [0.25, 0.3) is 0 Å². The summed E-state index contributed by atoms with van der Waals surface area (Å²) in [6, 6.07) is 12.0. The van der Waals surface area contributed by atoms with Gasteiger partial charge in [-0.1, -0.05) is 24.3 Å². The summed E-state index contributed by atoms with van der Waals surface area (Å²) >= 11 is 0. The molecule has 0 bridgehead atoms. The van der Waals surface area contributed by atoms with Crippen LogP contribution >= 0.6 is 0 Å². The smallest absolute Gasteiger partial charge is 0.415 e. The normalized spacial score (nSPS) is 16.1. The number of para-hydroxylation sites is 1. The number of nitrogens with one attached hydrogen (secondary N) is 2. The fourth-order valence-corrected chi connectivity index (χ4v) is 2.22. The van der Waals surface area contributed by atoms with Crippen molar-refractivity contribution in [2.24, 2.45) is 0 Å². The molecule has 8 heteroatoms. The van der Waals surface area contributed by atoms with Crippen LogP contribution in [0.3, 0.4) is 0 Å². The number of alkyl carbamates (subject to hydrolysis) is 1. The molecule has 0 spiro atoms. The number of carbonyl (C=O) groups excluding carboxylic acids is 3. The van der Waals surface area contributed by atoms with Crippen LogP contribution in [0.4, 0.5) is 14.9 Å². The standard InChI is InChI=1S/C17H13FN2O5/c18-12-3-1-2-4-13(12)24-9-14(21)19-11-7-5-10(6-8-11)15-16(22)20-17(23)25-15/h1-8,15H,9H2,(H,19,21)(H,20,22,23). The van der Waals surface area contributed by atoms with Crippen molar-refractivity contribution in [2.75, 3.05) is 11.9 Å². The van der Waals surface area contributed by atoms with Crippen LogP contribution in [0.2, 0.25) is 0 Å². The number of cyclic esters (lactones) is 1. The molecule has 0 aliphatic carbocycles. The first-order valence-corrected chi connectivity index (χ1v) is 7.31. The zero-order valence-electron chi connectivity index (χ0n) is 12.8. The molecule has 2 aromatic rings. The Kier molecular flexibility index (Phi) is 4.60. The molecule has 0 radical (unpaired) electrons. The molecular weight excluding hydrogens is 331 g/mol. The van der Waals surface area contributed by atoms with E-state index in [1.165, 1.54) is 18.2 Å². The monoisotopic (exact) mass is 344 g/mol. The van der Waals surface area contributed by atoms with E-state index in [-0.39, 0.29) is 12.4 Å². The number of rotatable bonds is 5. The Morgan fingerprint density at radius 3 is 2.52 bits per heavy atom. The average Bonchev–Trinajstić information content (AvgIpc) is 2.93. The third-order valence-corrected chi connectivity index (χ3v) is 3.38. The fraction of sp³-hybridized carbons (Fsp3) is 0.118. The molecule has 0 aromatic heterocycles. The minimum absolute atomic E-state index is 0.0120. The third kappa shape index (κ3) is 3.92. The Labute approximate surface area is 141 Å². The number of benzene rings is 2. The minimum Gasteiger partial charge on any atom is -0.481 e. The molecule has 1 aliphatic heterocycles. The van der Waals surface area contributed by atoms with E-state index in [2.05, 4.69) is 5.32 Å². The van der Waals surface area contributed by atoms with Crippen LogP contribution in [0.5, 0.6) is 5.75 Å². The SMILES string of the molecule is O=C(COc1ccccc1F)Nc1ccc(C2OC(=O)NC2=O)cc1. The van der Waals surface area contributed by atoms with E-state index >= 15 is 0 Å². The van der Waals surface area contributed by atoms with Gasteiger partial charge in [-0.3, -0.25) is 14.9 Å². The lowest BCUT2D eigenvalue weighted by Gasteiger charge is -2.10. The van der Waals surface area contributed by atoms with E-state index in [9.17, 15) is 18.8 Å². The molecule has 3 amide bonds. The van der Waals surface area contributed by atoms with Crippen molar-refractivity contribution in [1.82, 2.24) is 5.32 Å². The summed E-state index contributed by atoms with van der Waals surface area (Å²) < 4.78 is 23.3. The van der Waals surface area contributed by atoms with E-state index < -0.39 is 29.8 Å². The second-order valence-corrected chi connectivity index (χ2v) is 5.16. The lowest BCUT2D eigenvalue weighted by Crippen LogP contribution is -2.21. The fourth-order valence-electron chi connectivity index (χ4n) is 2.22. The summed E-state index contributed by atoms with van der Waals surface area (Å²) in [6.07, 6.45) is -1.79. The predicted molar refractivity (Wildman–Crippen MR) is 84.3 cm³/mol. The summed E-state index contributed by atoms with van der Waals surface area (Å²) in [7, 11) is 0. The number of halogens is 1. The maximum Gasteiger partial charge on any atom is 0.415 e.